The van der Waals surface area contributed by atoms with Crippen molar-refractivity contribution >= 4 is 11.4 Å². The summed E-state index contributed by atoms with van der Waals surface area (Å²) in [5, 5.41) is 14.1. The van der Waals surface area contributed by atoms with E-state index in [0.717, 1.165) is 5.69 Å². The van der Waals surface area contributed by atoms with Crippen LogP contribution in [0.15, 0.2) is 18.2 Å². The lowest BCUT2D eigenvalue weighted by Crippen LogP contribution is -2.21. The minimum absolute atomic E-state index is 0.0199. The Morgan fingerprint density at radius 2 is 2.00 bits per heavy atom. The van der Waals surface area contributed by atoms with Crippen LogP contribution in [0, 0.1) is 16.0 Å². The SMILES string of the molecule is COc1ccc(NC(C)C(C)C)cc1[N+](=O)[O-]. The zero-order chi connectivity index (χ0) is 13.0. The van der Waals surface area contributed by atoms with Crippen molar-refractivity contribution < 1.29 is 9.66 Å². The molecule has 0 aliphatic heterocycles. The molecule has 1 aromatic carbocycles. The van der Waals surface area contributed by atoms with E-state index in [1.165, 1.54) is 13.2 Å². The van der Waals surface area contributed by atoms with Crippen molar-refractivity contribution in [2.45, 2.75) is 26.8 Å². The van der Waals surface area contributed by atoms with Gasteiger partial charge in [-0.05, 0) is 25.0 Å². The molecule has 1 rings (SSSR count). The summed E-state index contributed by atoms with van der Waals surface area (Å²) in [5.41, 5.74) is 0.715. The van der Waals surface area contributed by atoms with Crippen molar-refractivity contribution in [1.82, 2.24) is 0 Å². The topological polar surface area (TPSA) is 64.4 Å². The molecule has 0 radical (unpaired) electrons. The molecule has 0 bridgehead atoms. The number of nitro benzene ring substituents is 1. The Morgan fingerprint density at radius 3 is 2.47 bits per heavy atom. The van der Waals surface area contributed by atoms with E-state index in [2.05, 4.69) is 19.2 Å². The van der Waals surface area contributed by atoms with Crippen LogP contribution < -0.4 is 10.1 Å². The van der Waals surface area contributed by atoms with Gasteiger partial charge in [-0.2, -0.15) is 0 Å². The average molecular weight is 238 g/mol. The molecule has 0 heterocycles. The Labute approximate surface area is 101 Å². The first-order chi connectivity index (χ1) is 7.95. The van der Waals surface area contributed by atoms with Gasteiger partial charge in [-0.3, -0.25) is 10.1 Å². The molecule has 0 amide bonds. The predicted molar refractivity (Wildman–Crippen MR) is 67.6 cm³/mol. The standard InChI is InChI=1S/C12H18N2O3/c1-8(2)9(3)13-10-5-6-12(17-4)11(7-10)14(15)16/h5-9,13H,1-4H3. The normalized spacial score (nSPS) is 12.3. The molecule has 0 spiro atoms. The van der Waals surface area contributed by atoms with Crippen molar-refractivity contribution in [3.05, 3.63) is 28.3 Å². The number of rotatable bonds is 5. The van der Waals surface area contributed by atoms with E-state index in [9.17, 15) is 10.1 Å². The average Bonchev–Trinajstić information content (AvgIpc) is 2.28. The third kappa shape index (κ3) is 3.34. The summed E-state index contributed by atoms with van der Waals surface area (Å²) < 4.78 is 4.94. The summed E-state index contributed by atoms with van der Waals surface area (Å²) in [6.45, 7) is 6.23. The Hall–Kier alpha value is -1.78. The highest BCUT2D eigenvalue weighted by molar-refractivity contribution is 5.58. The molecule has 0 fully saturated rings. The zero-order valence-corrected chi connectivity index (χ0v) is 10.6. The van der Waals surface area contributed by atoms with E-state index in [1.807, 2.05) is 6.92 Å². The van der Waals surface area contributed by atoms with E-state index < -0.39 is 4.92 Å². The van der Waals surface area contributed by atoms with Crippen molar-refractivity contribution in [3.8, 4) is 5.75 Å². The van der Waals surface area contributed by atoms with Crippen molar-refractivity contribution in [1.29, 1.82) is 0 Å². The highest BCUT2D eigenvalue weighted by Crippen LogP contribution is 2.30. The van der Waals surface area contributed by atoms with Crippen LogP contribution in [0.3, 0.4) is 0 Å². The fourth-order valence-electron chi connectivity index (χ4n) is 1.35. The molecule has 0 saturated heterocycles. The molecule has 17 heavy (non-hydrogen) atoms. The molecular weight excluding hydrogens is 220 g/mol. The van der Waals surface area contributed by atoms with Gasteiger partial charge >= 0.3 is 5.69 Å². The third-order valence-corrected chi connectivity index (χ3v) is 2.77. The fourth-order valence-corrected chi connectivity index (χ4v) is 1.35. The number of methoxy groups -OCH3 is 1. The minimum Gasteiger partial charge on any atom is -0.490 e. The summed E-state index contributed by atoms with van der Waals surface area (Å²) in [6, 6.07) is 5.14. The molecule has 0 aliphatic carbocycles. The number of nitrogens with zero attached hydrogens (tertiary/aromatic N) is 1. The van der Waals surface area contributed by atoms with Crippen molar-refractivity contribution in [3.63, 3.8) is 0 Å². The number of benzene rings is 1. The van der Waals surface area contributed by atoms with Gasteiger partial charge < -0.3 is 10.1 Å². The van der Waals surface area contributed by atoms with Crippen LogP contribution in [0.4, 0.5) is 11.4 Å². The lowest BCUT2D eigenvalue weighted by molar-refractivity contribution is -0.385. The summed E-state index contributed by atoms with van der Waals surface area (Å²) in [5.74, 6) is 0.730. The van der Waals surface area contributed by atoms with Gasteiger partial charge in [0, 0.05) is 17.8 Å². The smallest absolute Gasteiger partial charge is 0.312 e. The maximum atomic E-state index is 10.9. The first-order valence-electron chi connectivity index (χ1n) is 5.54. The van der Waals surface area contributed by atoms with E-state index in [1.54, 1.807) is 12.1 Å². The number of anilines is 1. The summed E-state index contributed by atoms with van der Waals surface area (Å²) in [4.78, 5) is 10.4. The number of nitro groups is 1. The second kappa shape index (κ2) is 5.52. The van der Waals surface area contributed by atoms with E-state index in [0.29, 0.717) is 5.92 Å². The molecule has 1 aromatic rings. The van der Waals surface area contributed by atoms with Gasteiger partial charge in [0.15, 0.2) is 5.75 Å². The summed E-state index contributed by atoms with van der Waals surface area (Å²) >= 11 is 0. The Bertz CT molecular complexity index is 405. The molecule has 1 N–H and O–H groups in total. The van der Waals surface area contributed by atoms with Gasteiger partial charge in [-0.1, -0.05) is 13.8 Å². The predicted octanol–water partition coefficient (Wildman–Crippen LogP) is 3.06. The molecule has 1 atom stereocenters. The molecule has 5 heteroatoms. The van der Waals surface area contributed by atoms with Gasteiger partial charge in [0.2, 0.25) is 0 Å². The van der Waals surface area contributed by atoms with Crippen LogP contribution in [-0.4, -0.2) is 18.1 Å². The van der Waals surface area contributed by atoms with E-state index in [4.69, 9.17) is 4.74 Å². The largest absolute Gasteiger partial charge is 0.490 e. The van der Waals surface area contributed by atoms with Crippen molar-refractivity contribution in [2.75, 3.05) is 12.4 Å². The van der Waals surface area contributed by atoms with Crippen LogP contribution in [-0.2, 0) is 0 Å². The van der Waals surface area contributed by atoms with Crippen LogP contribution in [0.25, 0.3) is 0 Å². The molecule has 0 aromatic heterocycles. The summed E-state index contributed by atoms with van der Waals surface area (Å²) in [6.07, 6.45) is 0. The second-order valence-corrected chi connectivity index (χ2v) is 4.32. The lowest BCUT2D eigenvalue weighted by atomic mass is 10.1. The summed E-state index contributed by atoms with van der Waals surface area (Å²) in [7, 11) is 1.42. The first kappa shape index (κ1) is 13.3. The quantitative estimate of drug-likeness (QED) is 0.632. The van der Waals surface area contributed by atoms with Gasteiger partial charge in [0.25, 0.3) is 0 Å². The monoisotopic (exact) mass is 238 g/mol. The first-order valence-corrected chi connectivity index (χ1v) is 5.54. The molecule has 1 unspecified atom stereocenters. The molecule has 94 valence electrons. The number of hydrogen-bond acceptors (Lipinski definition) is 4. The zero-order valence-electron chi connectivity index (χ0n) is 10.6. The molecular formula is C12H18N2O3. The van der Waals surface area contributed by atoms with Crippen molar-refractivity contribution in [2.24, 2.45) is 5.92 Å². The van der Waals surface area contributed by atoms with Gasteiger partial charge in [0.1, 0.15) is 0 Å². The highest BCUT2D eigenvalue weighted by atomic mass is 16.6. The Morgan fingerprint density at radius 1 is 1.35 bits per heavy atom. The lowest BCUT2D eigenvalue weighted by Gasteiger charge is -2.18. The van der Waals surface area contributed by atoms with Crippen LogP contribution >= 0.6 is 0 Å². The van der Waals surface area contributed by atoms with Gasteiger partial charge in [-0.15, -0.1) is 0 Å². The number of hydrogen-bond donors (Lipinski definition) is 1. The molecule has 0 saturated carbocycles. The van der Waals surface area contributed by atoms with Crippen LogP contribution in [0.2, 0.25) is 0 Å². The molecule has 0 aliphatic rings. The number of ether oxygens (including phenoxy) is 1. The van der Waals surface area contributed by atoms with E-state index in [-0.39, 0.29) is 17.5 Å². The second-order valence-electron chi connectivity index (χ2n) is 4.32. The van der Waals surface area contributed by atoms with Crippen LogP contribution in [0.5, 0.6) is 5.75 Å². The minimum atomic E-state index is -0.440. The van der Waals surface area contributed by atoms with Gasteiger partial charge in [0.05, 0.1) is 12.0 Å². The number of nitrogens with one attached hydrogen (secondary N) is 1. The van der Waals surface area contributed by atoms with Crippen LogP contribution in [0.1, 0.15) is 20.8 Å². The third-order valence-electron chi connectivity index (χ3n) is 2.77. The Kier molecular flexibility index (Phi) is 4.31. The maximum Gasteiger partial charge on any atom is 0.312 e. The fraction of sp³-hybridized carbons (Fsp3) is 0.500. The highest BCUT2D eigenvalue weighted by Gasteiger charge is 2.16. The molecule has 5 nitrogen and oxygen atoms in total. The Balaban J connectivity index is 2.96. The van der Waals surface area contributed by atoms with Gasteiger partial charge in [-0.25, -0.2) is 0 Å². The van der Waals surface area contributed by atoms with E-state index >= 15 is 0 Å². The maximum absolute atomic E-state index is 10.9.